The van der Waals surface area contributed by atoms with Crippen molar-refractivity contribution in [3.63, 3.8) is 0 Å². The number of halogens is 4. The Bertz CT molecular complexity index is 1460. The number of fused-ring (bicyclic) bond motifs is 6. The van der Waals surface area contributed by atoms with Crippen molar-refractivity contribution in [3.8, 4) is 33.6 Å². The molecule has 6 heteroatoms. The van der Waals surface area contributed by atoms with Crippen molar-refractivity contribution in [1.82, 2.24) is 0 Å². The van der Waals surface area contributed by atoms with Crippen LogP contribution in [0.4, 0.5) is 17.3 Å². The number of hydrogen-bond acceptors (Lipinski definition) is 0. The first-order chi connectivity index (χ1) is 21.9. The number of aryl methyl sites for hydroxylation is 2. The molecule has 0 radical (unpaired) electrons. The standard InChI is InChI=1S/C39H46N.BF4/c1-2-3-4-5-6-7-8-9-10-18-29-40-38-33-23-16-14-19-30(33)25-27-35(38)37(32-21-12-11-13-22-32)36-28-26-31-20-15-17-24-34(31)39(36)40;2-1(3,4)5/h11-17,19-24H,2-10,18,25-29H2,1H3;/q+1;-1. The minimum absolute atomic E-state index is 1.11. The van der Waals surface area contributed by atoms with Crippen molar-refractivity contribution in [2.24, 2.45) is 0 Å². The number of benzene rings is 3. The molecule has 6 rings (SSSR count). The highest BCUT2D eigenvalue weighted by molar-refractivity contribution is 6.50. The average molecular weight is 616 g/mol. The van der Waals surface area contributed by atoms with Crippen LogP contribution in [0.15, 0.2) is 78.9 Å². The second-order valence-corrected chi connectivity index (χ2v) is 12.5. The molecule has 1 nitrogen and oxygen atoms in total. The van der Waals surface area contributed by atoms with Gasteiger partial charge in [-0.3, -0.25) is 0 Å². The predicted molar refractivity (Wildman–Crippen MR) is 180 cm³/mol. The van der Waals surface area contributed by atoms with Crippen molar-refractivity contribution < 1.29 is 21.8 Å². The Hall–Kier alpha value is -3.41. The van der Waals surface area contributed by atoms with Gasteiger partial charge in [-0.05, 0) is 60.9 Å². The number of rotatable bonds is 12. The Morgan fingerprint density at radius 1 is 0.533 bits per heavy atom. The van der Waals surface area contributed by atoms with Gasteiger partial charge in [-0.2, -0.15) is 4.57 Å². The molecule has 0 fully saturated rings. The van der Waals surface area contributed by atoms with Crippen molar-refractivity contribution in [2.45, 2.75) is 103 Å². The Labute approximate surface area is 266 Å². The fourth-order valence-electron chi connectivity index (χ4n) is 7.35. The van der Waals surface area contributed by atoms with E-state index in [-0.39, 0.29) is 0 Å². The molecule has 238 valence electrons. The van der Waals surface area contributed by atoms with Crippen LogP contribution in [0.2, 0.25) is 0 Å². The SMILES string of the molecule is CCCCCCCCCCCC[n+]1c2c(c(-c3ccccc3)c3c1-c1ccccc1CC3)CCc1ccccc1-2.F[B-](F)(F)F. The summed E-state index contributed by atoms with van der Waals surface area (Å²) in [5, 5.41) is 0. The lowest BCUT2D eigenvalue weighted by Crippen LogP contribution is -2.43. The maximum atomic E-state index is 9.75. The number of pyridine rings is 1. The monoisotopic (exact) mass is 615 g/mol. The molecule has 2 aliphatic carbocycles. The third-order valence-electron chi connectivity index (χ3n) is 9.35. The molecule has 45 heavy (non-hydrogen) atoms. The first-order valence-corrected chi connectivity index (χ1v) is 17.1. The molecular formula is C39H46BF4N. The van der Waals surface area contributed by atoms with Crippen LogP contribution < -0.4 is 4.57 Å². The van der Waals surface area contributed by atoms with Crippen LogP contribution in [0, 0.1) is 0 Å². The lowest BCUT2D eigenvalue weighted by atomic mass is 9.77. The highest BCUT2D eigenvalue weighted by Gasteiger charge is 2.37. The molecular weight excluding hydrogens is 569 g/mol. The molecule has 0 unspecified atom stereocenters. The summed E-state index contributed by atoms with van der Waals surface area (Å²) in [6.07, 6.45) is 18.3. The summed E-state index contributed by atoms with van der Waals surface area (Å²) in [7, 11) is -6.00. The Morgan fingerprint density at radius 3 is 1.44 bits per heavy atom. The molecule has 4 aromatic rings. The molecule has 0 saturated carbocycles. The molecule has 1 heterocycles. The van der Waals surface area contributed by atoms with Gasteiger partial charge in [0.15, 0.2) is 0 Å². The molecule has 0 saturated heterocycles. The number of nitrogens with zero attached hydrogens (tertiary/aromatic N) is 1. The van der Waals surface area contributed by atoms with Crippen molar-refractivity contribution in [3.05, 3.63) is 101 Å². The van der Waals surface area contributed by atoms with E-state index in [1.165, 1.54) is 109 Å². The van der Waals surface area contributed by atoms with E-state index in [9.17, 15) is 17.3 Å². The summed E-state index contributed by atoms with van der Waals surface area (Å²) in [5.74, 6) is 0. The normalized spacial score (nSPS) is 13.2. The smallest absolute Gasteiger partial charge is 0.418 e. The van der Waals surface area contributed by atoms with E-state index in [2.05, 4.69) is 90.4 Å². The van der Waals surface area contributed by atoms with Gasteiger partial charge >= 0.3 is 7.25 Å². The van der Waals surface area contributed by atoms with Crippen LogP contribution in [0.3, 0.4) is 0 Å². The predicted octanol–water partition coefficient (Wildman–Crippen LogP) is 11.4. The van der Waals surface area contributed by atoms with E-state index < -0.39 is 7.25 Å². The molecule has 0 bridgehead atoms. The highest BCUT2D eigenvalue weighted by Crippen LogP contribution is 2.44. The van der Waals surface area contributed by atoms with Crippen molar-refractivity contribution in [1.29, 1.82) is 0 Å². The molecule has 0 atom stereocenters. The second kappa shape index (κ2) is 15.7. The van der Waals surface area contributed by atoms with Gasteiger partial charge in [0.1, 0.15) is 6.54 Å². The van der Waals surface area contributed by atoms with E-state index in [0.29, 0.717) is 0 Å². The van der Waals surface area contributed by atoms with Crippen LogP contribution in [0.5, 0.6) is 0 Å². The van der Waals surface area contributed by atoms with Crippen molar-refractivity contribution in [2.75, 3.05) is 0 Å². The Kier molecular flexibility index (Phi) is 11.5. The summed E-state index contributed by atoms with van der Waals surface area (Å²) in [6, 6.07) is 29.7. The first kappa shape index (κ1) is 33.0. The first-order valence-electron chi connectivity index (χ1n) is 17.1. The average Bonchev–Trinajstić information content (AvgIpc) is 3.04. The fraction of sp³-hybridized carbons (Fsp3) is 0.410. The lowest BCUT2D eigenvalue weighted by Gasteiger charge is -2.28. The van der Waals surface area contributed by atoms with E-state index in [4.69, 9.17) is 0 Å². The highest BCUT2D eigenvalue weighted by atomic mass is 19.5. The zero-order chi connectivity index (χ0) is 31.6. The molecule has 0 spiro atoms. The molecule has 0 amide bonds. The van der Waals surface area contributed by atoms with Gasteiger partial charge in [0.05, 0.1) is 0 Å². The van der Waals surface area contributed by atoms with Crippen molar-refractivity contribution >= 4 is 7.25 Å². The third-order valence-corrected chi connectivity index (χ3v) is 9.35. The van der Waals surface area contributed by atoms with E-state index >= 15 is 0 Å². The van der Waals surface area contributed by atoms with Gasteiger partial charge in [-0.15, -0.1) is 0 Å². The summed E-state index contributed by atoms with van der Waals surface area (Å²) < 4.78 is 41.8. The molecule has 0 N–H and O–H groups in total. The minimum Gasteiger partial charge on any atom is -0.418 e. The van der Waals surface area contributed by atoms with Gasteiger partial charge in [-0.1, -0.05) is 125 Å². The maximum absolute atomic E-state index is 9.75. The van der Waals surface area contributed by atoms with Gasteiger partial charge in [0, 0.05) is 34.2 Å². The van der Waals surface area contributed by atoms with Crippen LogP contribution >= 0.6 is 0 Å². The number of hydrogen-bond donors (Lipinski definition) is 0. The summed E-state index contributed by atoms with van der Waals surface area (Å²) in [4.78, 5) is 0. The zero-order valence-corrected chi connectivity index (χ0v) is 26.6. The van der Waals surface area contributed by atoms with E-state index in [1.54, 1.807) is 11.1 Å². The van der Waals surface area contributed by atoms with Gasteiger partial charge in [0.2, 0.25) is 11.4 Å². The van der Waals surface area contributed by atoms with Crippen LogP contribution in [-0.4, -0.2) is 7.25 Å². The molecule has 0 aliphatic heterocycles. The second-order valence-electron chi connectivity index (χ2n) is 12.5. The fourth-order valence-corrected chi connectivity index (χ4v) is 7.35. The number of unbranched alkanes of at least 4 members (excludes halogenated alkanes) is 9. The quantitative estimate of drug-likeness (QED) is 0.0646. The molecule has 3 aromatic carbocycles. The maximum Gasteiger partial charge on any atom is 0.673 e. The third kappa shape index (κ3) is 8.45. The molecule has 1 aromatic heterocycles. The van der Waals surface area contributed by atoms with Gasteiger partial charge in [-0.25, -0.2) is 0 Å². The van der Waals surface area contributed by atoms with Crippen LogP contribution in [-0.2, 0) is 32.2 Å². The topological polar surface area (TPSA) is 3.88 Å². The summed E-state index contributed by atoms with van der Waals surface area (Å²) >= 11 is 0. The zero-order valence-electron chi connectivity index (χ0n) is 26.6. The van der Waals surface area contributed by atoms with Gasteiger partial charge < -0.3 is 17.3 Å². The Morgan fingerprint density at radius 2 is 0.956 bits per heavy atom. The van der Waals surface area contributed by atoms with Gasteiger partial charge in [0.25, 0.3) is 0 Å². The van der Waals surface area contributed by atoms with E-state index in [0.717, 1.165) is 32.2 Å². The van der Waals surface area contributed by atoms with Crippen LogP contribution in [0.25, 0.3) is 33.6 Å². The Balaban J connectivity index is 0.000000743. The number of aromatic nitrogens is 1. The largest absolute Gasteiger partial charge is 0.673 e. The minimum atomic E-state index is -6.00. The lowest BCUT2D eigenvalue weighted by molar-refractivity contribution is -0.676. The summed E-state index contributed by atoms with van der Waals surface area (Å²) in [6.45, 7) is 3.41. The summed E-state index contributed by atoms with van der Waals surface area (Å²) in [5.41, 5.74) is 15.0. The van der Waals surface area contributed by atoms with E-state index in [1.807, 2.05) is 0 Å². The molecule has 2 aliphatic rings. The van der Waals surface area contributed by atoms with Crippen LogP contribution in [0.1, 0.15) is 93.4 Å².